The monoisotopic (exact) mass is 275 g/mol. The Bertz CT molecular complexity index is 583. The minimum absolute atomic E-state index is 0.0552. The van der Waals surface area contributed by atoms with Crippen LogP contribution in [0.5, 0.6) is 0 Å². The van der Waals surface area contributed by atoms with Gasteiger partial charge >= 0.3 is 0 Å². The van der Waals surface area contributed by atoms with E-state index in [0.717, 1.165) is 6.42 Å². The molecule has 1 heterocycles. The predicted octanol–water partition coefficient (Wildman–Crippen LogP) is 0.779. The van der Waals surface area contributed by atoms with Gasteiger partial charge in [-0.1, -0.05) is 13.0 Å². The van der Waals surface area contributed by atoms with Crippen molar-refractivity contribution >= 4 is 23.4 Å². The molecule has 2 rings (SSSR count). The second-order valence-electron chi connectivity index (χ2n) is 4.80. The number of hydrogen-bond acceptors (Lipinski definition) is 5. The molecule has 0 saturated heterocycles. The van der Waals surface area contributed by atoms with E-state index in [1.165, 1.54) is 12.1 Å². The molecular formula is C14H17N3O3. The highest BCUT2D eigenvalue weighted by Gasteiger charge is 2.40. The Balaban J connectivity index is 2.20. The first-order chi connectivity index (χ1) is 9.47. The van der Waals surface area contributed by atoms with E-state index in [4.69, 9.17) is 5.73 Å². The average Bonchev–Trinajstić information content (AvgIpc) is 2.69. The summed E-state index contributed by atoms with van der Waals surface area (Å²) in [4.78, 5) is 37.0. The van der Waals surface area contributed by atoms with Crippen LogP contribution in [-0.4, -0.2) is 35.2 Å². The van der Waals surface area contributed by atoms with Crippen molar-refractivity contribution in [3.63, 3.8) is 0 Å². The third-order valence-corrected chi connectivity index (χ3v) is 3.41. The number of amides is 3. The molecule has 0 saturated carbocycles. The topological polar surface area (TPSA) is 92.5 Å². The number of imide groups is 3. The molecule has 0 bridgehead atoms. The number of fused-ring (bicyclic) bond motifs is 1. The molecule has 1 atom stereocenters. The van der Waals surface area contributed by atoms with Gasteiger partial charge in [0.25, 0.3) is 17.7 Å². The third-order valence-electron chi connectivity index (χ3n) is 3.41. The number of nitrogens with two attached hydrogens (primary N) is 1. The number of anilines is 1. The van der Waals surface area contributed by atoms with Crippen molar-refractivity contribution in [2.24, 2.45) is 0 Å². The van der Waals surface area contributed by atoms with Gasteiger partial charge in [0.15, 0.2) is 0 Å². The quantitative estimate of drug-likeness (QED) is 0.625. The number of nitrogens with zero attached hydrogens (tertiary/aromatic N) is 1. The molecular weight excluding hydrogens is 258 g/mol. The van der Waals surface area contributed by atoms with Crippen molar-refractivity contribution in [2.45, 2.75) is 26.3 Å². The van der Waals surface area contributed by atoms with E-state index in [1.54, 1.807) is 6.07 Å². The largest absolute Gasteiger partial charge is 0.398 e. The normalized spacial score (nSPS) is 15.4. The zero-order valence-corrected chi connectivity index (χ0v) is 11.5. The fourth-order valence-corrected chi connectivity index (χ4v) is 2.02. The van der Waals surface area contributed by atoms with Crippen LogP contribution in [0.25, 0.3) is 0 Å². The van der Waals surface area contributed by atoms with Crippen LogP contribution in [0.1, 0.15) is 41.0 Å². The standard InChI is InChI=1S/C14H17N3O3/c1-3-8(2)16-7-11(18)17-13(19)9-5-4-6-10(15)12(9)14(17)20/h4-6,8,16H,3,7,15H2,1-2H3. The minimum atomic E-state index is -0.640. The molecule has 1 aliphatic rings. The van der Waals surface area contributed by atoms with Crippen molar-refractivity contribution in [1.29, 1.82) is 0 Å². The number of nitrogen functional groups attached to an aromatic ring is 1. The van der Waals surface area contributed by atoms with Crippen LogP contribution in [0.15, 0.2) is 18.2 Å². The van der Waals surface area contributed by atoms with Gasteiger partial charge in [0.05, 0.1) is 17.7 Å². The summed E-state index contributed by atoms with van der Waals surface area (Å²) in [7, 11) is 0. The molecule has 0 aromatic heterocycles. The predicted molar refractivity (Wildman–Crippen MR) is 74.1 cm³/mol. The van der Waals surface area contributed by atoms with Gasteiger partial charge in [0.2, 0.25) is 0 Å². The maximum Gasteiger partial charge on any atom is 0.270 e. The Morgan fingerprint density at radius 3 is 2.65 bits per heavy atom. The van der Waals surface area contributed by atoms with Crippen LogP contribution < -0.4 is 11.1 Å². The zero-order chi connectivity index (χ0) is 14.9. The van der Waals surface area contributed by atoms with Gasteiger partial charge < -0.3 is 11.1 Å². The molecule has 20 heavy (non-hydrogen) atoms. The molecule has 0 spiro atoms. The first kappa shape index (κ1) is 14.2. The van der Waals surface area contributed by atoms with E-state index in [2.05, 4.69) is 5.32 Å². The highest BCUT2D eigenvalue weighted by molar-refractivity contribution is 6.30. The molecule has 1 aromatic carbocycles. The molecule has 1 aromatic rings. The van der Waals surface area contributed by atoms with Crippen molar-refractivity contribution < 1.29 is 14.4 Å². The van der Waals surface area contributed by atoms with Crippen molar-refractivity contribution in [2.75, 3.05) is 12.3 Å². The summed E-state index contributed by atoms with van der Waals surface area (Å²) in [5.41, 5.74) is 6.22. The maximum absolute atomic E-state index is 12.2. The zero-order valence-electron chi connectivity index (χ0n) is 11.5. The number of benzene rings is 1. The summed E-state index contributed by atoms with van der Waals surface area (Å²) in [6.07, 6.45) is 0.850. The summed E-state index contributed by atoms with van der Waals surface area (Å²) in [6, 6.07) is 4.76. The van der Waals surface area contributed by atoms with Gasteiger partial charge in [-0.25, -0.2) is 4.90 Å². The lowest BCUT2D eigenvalue weighted by molar-refractivity contribution is -0.125. The summed E-state index contributed by atoms with van der Waals surface area (Å²) >= 11 is 0. The first-order valence-electron chi connectivity index (χ1n) is 6.50. The smallest absolute Gasteiger partial charge is 0.270 e. The molecule has 3 amide bonds. The highest BCUT2D eigenvalue weighted by Crippen LogP contribution is 2.27. The Labute approximate surface area is 116 Å². The second kappa shape index (κ2) is 5.42. The van der Waals surface area contributed by atoms with Gasteiger partial charge in [-0.05, 0) is 25.5 Å². The average molecular weight is 275 g/mol. The van der Waals surface area contributed by atoms with E-state index >= 15 is 0 Å². The van der Waals surface area contributed by atoms with E-state index in [0.29, 0.717) is 4.90 Å². The lowest BCUT2D eigenvalue weighted by atomic mass is 10.1. The van der Waals surface area contributed by atoms with E-state index < -0.39 is 17.7 Å². The van der Waals surface area contributed by atoms with Crippen LogP contribution in [0.3, 0.4) is 0 Å². The Morgan fingerprint density at radius 2 is 2.05 bits per heavy atom. The van der Waals surface area contributed by atoms with Gasteiger partial charge in [-0.2, -0.15) is 0 Å². The summed E-state index contributed by atoms with van der Waals surface area (Å²) < 4.78 is 0. The molecule has 0 aliphatic carbocycles. The molecule has 0 fully saturated rings. The molecule has 1 unspecified atom stereocenters. The Hall–Kier alpha value is -2.21. The number of hydrogen-bond donors (Lipinski definition) is 2. The highest BCUT2D eigenvalue weighted by atomic mass is 16.2. The van der Waals surface area contributed by atoms with Crippen molar-refractivity contribution in [1.82, 2.24) is 10.2 Å². The maximum atomic E-state index is 12.2. The summed E-state index contributed by atoms with van der Waals surface area (Å²) in [5.74, 6) is -1.80. The molecule has 106 valence electrons. The second-order valence-corrected chi connectivity index (χ2v) is 4.80. The number of rotatable bonds is 4. The van der Waals surface area contributed by atoms with E-state index in [9.17, 15) is 14.4 Å². The lowest BCUT2D eigenvalue weighted by Gasteiger charge is -2.15. The number of carbonyl (C=O) groups excluding carboxylic acids is 3. The summed E-state index contributed by atoms with van der Waals surface area (Å²) in [6.45, 7) is 3.85. The Kier molecular flexibility index (Phi) is 3.85. The van der Waals surface area contributed by atoms with Crippen LogP contribution in [0.2, 0.25) is 0 Å². The SMILES string of the molecule is CCC(C)NCC(=O)N1C(=O)c2cccc(N)c2C1=O. The van der Waals surface area contributed by atoms with Crippen LogP contribution in [-0.2, 0) is 4.79 Å². The molecule has 3 N–H and O–H groups in total. The van der Waals surface area contributed by atoms with Crippen LogP contribution in [0, 0.1) is 0 Å². The van der Waals surface area contributed by atoms with Crippen LogP contribution >= 0.6 is 0 Å². The van der Waals surface area contributed by atoms with Crippen LogP contribution in [0.4, 0.5) is 5.69 Å². The van der Waals surface area contributed by atoms with Gasteiger partial charge in [-0.3, -0.25) is 14.4 Å². The molecule has 1 aliphatic heterocycles. The van der Waals surface area contributed by atoms with Gasteiger partial charge in [-0.15, -0.1) is 0 Å². The van der Waals surface area contributed by atoms with E-state index in [-0.39, 0.29) is 29.4 Å². The third kappa shape index (κ3) is 2.30. The van der Waals surface area contributed by atoms with Crippen molar-refractivity contribution in [3.05, 3.63) is 29.3 Å². The number of nitrogens with one attached hydrogen (secondary N) is 1. The van der Waals surface area contributed by atoms with Gasteiger partial charge in [0.1, 0.15) is 0 Å². The first-order valence-corrected chi connectivity index (χ1v) is 6.50. The van der Waals surface area contributed by atoms with E-state index in [1.807, 2.05) is 13.8 Å². The minimum Gasteiger partial charge on any atom is -0.398 e. The summed E-state index contributed by atoms with van der Waals surface area (Å²) in [5, 5.41) is 2.96. The number of carbonyl (C=O) groups is 3. The lowest BCUT2D eigenvalue weighted by Crippen LogP contribution is -2.43. The fourth-order valence-electron chi connectivity index (χ4n) is 2.02. The molecule has 6 nitrogen and oxygen atoms in total. The molecule has 6 heteroatoms. The Morgan fingerprint density at radius 1 is 1.35 bits per heavy atom. The fraction of sp³-hybridized carbons (Fsp3) is 0.357. The van der Waals surface area contributed by atoms with Gasteiger partial charge in [0, 0.05) is 11.7 Å². The molecule has 0 radical (unpaired) electrons. The van der Waals surface area contributed by atoms with Crippen molar-refractivity contribution in [3.8, 4) is 0 Å².